The minimum Gasteiger partial charge on any atom is -0.445 e. The van der Waals surface area contributed by atoms with E-state index in [2.05, 4.69) is 0 Å². The number of aryl methyl sites for hydroxylation is 1. The Morgan fingerprint density at radius 2 is 1.56 bits per heavy atom. The van der Waals surface area contributed by atoms with Gasteiger partial charge < -0.3 is 14.5 Å². The maximum Gasteiger partial charge on any atom is 0.410 e. The number of amides is 2. The van der Waals surface area contributed by atoms with E-state index in [9.17, 15) is 14.0 Å². The summed E-state index contributed by atoms with van der Waals surface area (Å²) in [6.45, 7) is 2.13. The predicted molar refractivity (Wildman–Crippen MR) is 99.5 cm³/mol. The zero-order valence-corrected chi connectivity index (χ0v) is 15.1. The number of hydrogen-bond donors (Lipinski definition) is 0. The van der Waals surface area contributed by atoms with Gasteiger partial charge in [-0.3, -0.25) is 4.79 Å². The smallest absolute Gasteiger partial charge is 0.410 e. The van der Waals surface area contributed by atoms with Gasteiger partial charge in [-0.2, -0.15) is 0 Å². The van der Waals surface area contributed by atoms with Crippen LogP contribution in [0.25, 0.3) is 0 Å². The van der Waals surface area contributed by atoms with Crippen LogP contribution < -0.4 is 0 Å². The van der Waals surface area contributed by atoms with Crippen LogP contribution in [-0.4, -0.2) is 48.0 Å². The van der Waals surface area contributed by atoms with Crippen molar-refractivity contribution in [2.75, 3.05) is 26.2 Å². The van der Waals surface area contributed by atoms with Crippen molar-refractivity contribution in [1.29, 1.82) is 0 Å². The van der Waals surface area contributed by atoms with Crippen LogP contribution >= 0.6 is 0 Å². The average Bonchev–Trinajstić information content (AvgIpc) is 2.71. The molecule has 1 saturated heterocycles. The second-order valence-corrected chi connectivity index (χ2v) is 6.54. The molecule has 0 saturated carbocycles. The van der Waals surface area contributed by atoms with Crippen LogP contribution in [0.5, 0.6) is 0 Å². The van der Waals surface area contributed by atoms with E-state index in [-0.39, 0.29) is 24.4 Å². The molecule has 5 nitrogen and oxygen atoms in total. The molecule has 6 heteroatoms. The average molecular weight is 370 g/mol. The topological polar surface area (TPSA) is 49.9 Å². The first-order valence-electron chi connectivity index (χ1n) is 9.09. The van der Waals surface area contributed by atoms with Crippen molar-refractivity contribution in [2.24, 2.45) is 0 Å². The zero-order chi connectivity index (χ0) is 19.1. The molecule has 1 heterocycles. The van der Waals surface area contributed by atoms with Gasteiger partial charge in [0.1, 0.15) is 12.4 Å². The molecule has 2 aromatic rings. The molecular formula is C21H23FN2O3. The van der Waals surface area contributed by atoms with E-state index in [1.165, 1.54) is 12.1 Å². The first-order valence-corrected chi connectivity index (χ1v) is 9.09. The summed E-state index contributed by atoms with van der Waals surface area (Å²) in [6.07, 6.45) is 0.489. The molecule has 0 spiro atoms. The normalized spacial score (nSPS) is 14.1. The first kappa shape index (κ1) is 18.9. The van der Waals surface area contributed by atoms with Gasteiger partial charge in [0.2, 0.25) is 5.91 Å². The Morgan fingerprint density at radius 3 is 2.26 bits per heavy atom. The van der Waals surface area contributed by atoms with Crippen LogP contribution in [0.1, 0.15) is 17.5 Å². The van der Waals surface area contributed by atoms with Crippen LogP contribution in [0, 0.1) is 5.82 Å². The highest BCUT2D eigenvalue weighted by molar-refractivity contribution is 5.77. The molecule has 0 aliphatic carbocycles. The van der Waals surface area contributed by atoms with Gasteiger partial charge in [0.25, 0.3) is 0 Å². The number of nitrogens with zero attached hydrogens (tertiary/aromatic N) is 2. The summed E-state index contributed by atoms with van der Waals surface area (Å²) in [4.78, 5) is 27.9. The lowest BCUT2D eigenvalue weighted by atomic mass is 10.1. The summed E-state index contributed by atoms with van der Waals surface area (Å²) in [5, 5.41) is 0. The second kappa shape index (κ2) is 9.16. The van der Waals surface area contributed by atoms with Crippen molar-refractivity contribution in [3.05, 3.63) is 71.5 Å². The highest BCUT2D eigenvalue weighted by Gasteiger charge is 2.24. The third-order valence-corrected chi connectivity index (χ3v) is 4.61. The van der Waals surface area contributed by atoms with Gasteiger partial charge in [-0.25, -0.2) is 9.18 Å². The molecule has 0 atom stereocenters. The standard InChI is InChI=1S/C21H23FN2O3/c22-19-8-4-7-17(15-19)9-10-20(25)23-11-13-24(14-12-23)21(26)27-16-18-5-2-1-3-6-18/h1-8,15H,9-14,16H2. The van der Waals surface area contributed by atoms with Gasteiger partial charge in [-0.15, -0.1) is 0 Å². The molecule has 2 aromatic carbocycles. The molecule has 1 aliphatic rings. The molecule has 0 unspecified atom stereocenters. The van der Waals surface area contributed by atoms with Crippen LogP contribution in [0.3, 0.4) is 0 Å². The second-order valence-electron chi connectivity index (χ2n) is 6.54. The van der Waals surface area contributed by atoms with Crippen LogP contribution in [-0.2, 0) is 22.6 Å². The monoisotopic (exact) mass is 370 g/mol. The fraction of sp³-hybridized carbons (Fsp3) is 0.333. The highest BCUT2D eigenvalue weighted by Crippen LogP contribution is 2.11. The summed E-state index contributed by atoms with van der Waals surface area (Å²) in [5.41, 5.74) is 1.75. The molecule has 0 radical (unpaired) electrons. The lowest BCUT2D eigenvalue weighted by Gasteiger charge is -2.34. The van der Waals surface area contributed by atoms with Crippen molar-refractivity contribution in [3.8, 4) is 0 Å². The summed E-state index contributed by atoms with van der Waals surface area (Å²) in [6, 6.07) is 15.8. The van der Waals surface area contributed by atoms with Gasteiger partial charge in [0.15, 0.2) is 0 Å². The summed E-state index contributed by atoms with van der Waals surface area (Å²) in [7, 11) is 0. The number of piperazine rings is 1. The van der Waals surface area contributed by atoms with Crippen LogP contribution in [0.15, 0.2) is 54.6 Å². The van der Waals surface area contributed by atoms with Crippen molar-refractivity contribution in [3.63, 3.8) is 0 Å². The van der Waals surface area contributed by atoms with Crippen LogP contribution in [0.4, 0.5) is 9.18 Å². The van der Waals surface area contributed by atoms with Gasteiger partial charge in [-0.1, -0.05) is 42.5 Å². The minimum atomic E-state index is -0.356. The van der Waals surface area contributed by atoms with E-state index in [1.807, 2.05) is 36.4 Å². The number of hydrogen-bond acceptors (Lipinski definition) is 3. The maximum atomic E-state index is 13.2. The lowest BCUT2D eigenvalue weighted by molar-refractivity contribution is -0.132. The summed E-state index contributed by atoms with van der Waals surface area (Å²) in [5.74, 6) is -0.265. The zero-order valence-electron chi connectivity index (χ0n) is 15.1. The number of ether oxygens (including phenoxy) is 1. The Kier molecular flexibility index (Phi) is 6.41. The maximum absolute atomic E-state index is 13.2. The molecular weight excluding hydrogens is 347 g/mol. The summed E-state index contributed by atoms with van der Waals surface area (Å²) < 4.78 is 18.5. The number of rotatable bonds is 5. The largest absolute Gasteiger partial charge is 0.445 e. The molecule has 0 N–H and O–H groups in total. The van der Waals surface area contributed by atoms with E-state index >= 15 is 0 Å². The predicted octanol–water partition coefficient (Wildman–Crippen LogP) is 3.24. The van der Waals surface area contributed by atoms with E-state index in [0.29, 0.717) is 39.0 Å². The third kappa shape index (κ3) is 5.54. The third-order valence-electron chi connectivity index (χ3n) is 4.61. The van der Waals surface area contributed by atoms with Gasteiger partial charge in [-0.05, 0) is 29.7 Å². The van der Waals surface area contributed by atoms with Crippen molar-refractivity contribution >= 4 is 12.0 Å². The Bertz CT molecular complexity index is 774. The minimum absolute atomic E-state index is 0.0246. The number of benzene rings is 2. The first-order chi connectivity index (χ1) is 13.1. The Labute approximate surface area is 158 Å². The van der Waals surface area contributed by atoms with Crippen LogP contribution in [0.2, 0.25) is 0 Å². The SMILES string of the molecule is O=C(CCc1cccc(F)c1)N1CCN(C(=O)OCc2ccccc2)CC1. The van der Waals surface area contributed by atoms with Crippen molar-refractivity contribution < 1.29 is 18.7 Å². The van der Waals surface area contributed by atoms with E-state index in [0.717, 1.165) is 11.1 Å². The van der Waals surface area contributed by atoms with E-state index in [1.54, 1.807) is 15.9 Å². The highest BCUT2D eigenvalue weighted by atomic mass is 19.1. The molecule has 27 heavy (non-hydrogen) atoms. The van der Waals surface area contributed by atoms with E-state index < -0.39 is 0 Å². The van der Waals surface area contributed by atoms with Gasteiger partial charge in [0.05, 0.1) is 0 Å². The Hall–Kier alpha value is -2.89. The van der Waals surface area contributed by atoms with Crippen molar-refractivity contribution in [1.82, 2.24) is 9.80 Å². The number of carbonyl (C=O) groups is 2. The molecule has 1 aliphatic heterocycles. The molecule has 142 valence electrons. The molecule has 2 amide bonds. The molecule has 1 fully saturated rings. The fourth-order valence-electron chi connectivity index (χ4n) is 3.05. The Balaban J connectivity index is 1.40. The fourth-order valence-corrected chi connectivity index (χ4v) is 3.05. The number of carbonyl (C=O) groups excluding carboxylic acids is 2. The number of halogens is 1. The molecule has 0 aromatic heterocycles. The quantitative estimate of drug-likeness (QED) is 0.812. The Morgan fingerprint density at radius 1 is 0.889 bits per heavy atom. The summed E-state index contributed by atoms with van der Waals surface area (Å²) >= 11 is 0. The van der Waals surface area contributed by atoms with E-state index in [4.69, 9.17) is 4.74 Å². The van der Waals surface area contributed by atoms with Crippen molar-refractivity contribution in [2.45, 2.75) is 19.4 Å². The molecule has 0 bridgehead atoms. The lowest BCUT2D eigenvalue weighted by Crippen LogP contribution is -2.50. The van der Waals surface area contributed by atoms with Gasteiger partial charge >= 0.3 is 6.09 Å². The molecule has 3 rings (SSSR count). The van der Waals surface area contributed by atoms with Gasteiger partial charge in [0, 0.05) is 32.6 Å².